The van der Waals surface area contributed by atoms with E-state index < -0.39 is 6.04 Å². The Morgan fingerprint density at radius 1 is 1.00 bits per heavy atom. The third-order valence-corrected chi connectivity index (χ3v) is 11.2. The number of benzene rings is 2. The summed E-state index contributed by atoms with van der Waals surface area (Å²) in [6.07, 6.45) is 8.68. The summed E-state index contributed by atoms with van der Waals surface area (Å²) in [4.78, 5) is 65.1. The van der Waals surface area contributed by atoms with E-state index in [1.807, 2.05) is 50.2 Å². The average Bonchev–Trinajstić information content (AvgIpc) is 3.36. The van der Waals surface area contributed by atoms with E-state index in [0.717, 1.165) is 53.5 Å². The van der Waals surface area contributed by atoms with Crippen LogP contribution in [0.4, 0.5) is 0 Å². The second-order valence-electron chi connectivity index (χ2n) is 14.4. The monoisotopic (exact) mass is 675 g/mol. The third-order valence-electron chi connectivity index (χ3n) is 11.2. The van der Waals surface area contributed by atoms with Crippen LogP contribution in [0.15, 0.2) is 54.9 Å². The number of aromatic nitrogens is 4. The van der Waals surface area contributed by atoms with Gasteiger partial charge in [0.05, 0.1) is 11.6 Å². The van der Waals surface area contributed by atoms with Crippen LogP contribution >= 0.6 is 0 Å². The van der Waals surface area contributed by atoms with Gasteiger partial charge in [0.1, 0.15) is 24.1 Å². The topological polar surface area (TPSA) is 139 Å². The predicted octanol–water partition coefficient (Wildman–Crippen LogP) is 5.11. The van der Waals surface area contributed by atoms with Crippen molar-refractivity contribution in [2.75, 3.05) is 6.54 Å². The smallest absolute Gasteiger partial charge is 0.245 e. The molecular formula is C39H45N7O4. The van der Waals surface area contributed by atoms with Gasteiger partial charge < -0.3 is 15.5 Å². The number of rotatable bonds is 5. The number of aryl methyl sites for hydroxylation is 2. The summed E-state index contributed by atoms with van der Waals surface area (Å²) in [6, 6.07) is 12.6. The zero-order chi connectivity index (χ0) is 35.2. The maximum Gasteiger partial charge on any atom is 0.245 e. The summed E-state index contributed by atoms with van der Waals surface area (Å²) in [5.74, 6) is 0.154. The first-order valence-corrected chi connectivity index (χ1v) is 17.8. The Balaban J connectivity index is 1.29. The summed E-state index contributed by atoms with van der Waals surface area (Å²) in [7, 11) is 0. The number of carbonyl (C=O) groups excluding carboxylic acids is 4. The largest absolute Gasteiger partial charge is 0.355 e. The Kier molecular flexibility index (Phi) is 9.00. The van der Waals surface area contributed by atoms with Crippen LogP contribution in [0.1, 0.15) is 92.8 Å². The number of ketones is 1. The van der Waals surface area contributed by atoms with E-state index in [1.165, 1.54) is 6.92 Å². The molecule has 11 nitrogen and oxygen atoms in total. The second-order valence-corrected chi connectivity index (χ2v) is 14.4. The van der Waals surface area contributed by atoms with Gasteiger partial charge >= 0.3 is 0 Å². The van der Waals surface area contributed by atoms with Gasteiger partial charge in [0.2, 0.25) is 17.7 Å². The molecule has 5 atom stereocenters. The number of nitrogens with one attached hydrogen (secondary N) is 2. The number of Topliss-reactive ketones (excluding diaryl/α,β-unsaturated/α-hetero) is 1. The van der Waals surface area contributed by atoms with Crippen molar-refractivity contribution in [3.05, 3.63) is 77.5 Å². The van der Waals surface area contributed by atoms with E-state index in [0.29, 0.717) is 42.7 Å². The Hall–Kier alpha value is -4.93. The van der Waals surface area contributed by atoms with Crippen molar-refractivity contribution in [2.45, 2.75) is 97.3 Å². The summed E-state index contributed by atoms with van der Waals surface area (Å²) in [5.41, 5.74) is 4.35. The molecule has 2 bridgehead atoms. The lowest BCUT2D eigenvalue weighted by Gasteiger charge is -2.29. The molecule has 3 aliphatic rings. The van der Waals surface area contributed by atoms with E-state index in [-0.39, 0.29) is 53.5 Å². The van der Waals surface area contributed by atoms with Gasteiger partial charge in [0, 0.05) is 54.7 Å². The normalized spacial score (nSPS) is 24.6. The fraction of sp³-hybridized carbons (Fsp3) is 0.462. The van der Waals surface area contributed by atoms with Crippen molar-refractivity contribution in [3.8, 4) is 11.1 Å². The summed E-state index contributed by atoms with van der Waals surface area (Å²) in [6.45, 7) is 7.68. The highest BCUT2D eigenvalue weighted by Crippen LogP contribution is 2.64. The molecule has 50 heavy (non-hydrogen) atoms. The van der Waals surface area contributed by atoms with E-state index >= 15 is 0 Å². The molecule has 1 saturated carbocycles. The van der Waals surface area contributed by atoms with Crippen molar-refractivity contribution < 1.29 is 19.2 Å². The molecule has 1 aliphatic carbocycles. The van der Waals surface area contributed by atoms with Crippen LogP contribution < -0.4 is 10.6 Å². The first-order valence-electron chi connectivity index (χ1n) is 17.8. The molecule has 1 saturated heterocycles. The van der Waals surface area contributed by atoms with Gasteiger partial charge in [-0.25, -0.2) is 9.97 Å². The Morgan fingerprint density at radius 2 is 1.72 bits per heavy atom. The number of hydrogen-bond donors (Lipinski definition) is 2. The standard InChI is InChI=1S/C39H45N7O4/c1-23-37-39(23)18-32(38(50)43-24(2)27-12-9-7-10-13-27)46(37)34(49)21-45-36-28(14-8-5-6-11-15-33(48)42-22-39)16-29(30-19-40-26(4)41-20-30)17-31(36)35(44-45)25(3)47/h7,9-10,12-13,16-17,19-20,23-24,32,37H,5-6,8,11,14-15,18,21-22H2,1-4H3,(H,42,48)(H,43,50)/t23-,24-,32-,37+,39+/m0/s1. The van der Waals surface area contributed by atoms with E-state index in [2.05, 4.69) is 33.6 Å². The summed E-state index contributed by atoms with van der Waals surface area (Å²) >= 11 is 0. The first-order chi connectivity index (χ1) is 24.1. The first kappa shape index (κ1) is 33.6. The van der Waals surface area contributed by atoms with E-state index in [9.17, 15) is 19.2 Å². The molecule has 3 amide bonds. The zero-order valence-corrected chi connectivity index (χ0v) is 29.2. The van der Waals surface area contributed by atoms with Crippen LogP contribution in [-0.2, 0) is 27.3 Å². The molecule has 0 radical (unpaired) electrons. The molecule has 2 aliphatic heterocycles. The fourth-order valence-electron chi connectivity index (χ4n) is 8.36. The van der Waals surface area contributed by atoms with Gasteiger partial charge in [-0.1, -0.05) is 50.1 Å². The van der Waals surface area contributed by atoms with Crippen molar-refractivity contribution in [1.29, 1.82) is 0 Å². The molecule has 2 aromatic heterocycles. The van der Waals surface area contributed by atoms with Crippen LogP contribution in [0.3, 0.4) is 0 Å². The minimum Gasteiger partial charge on any atom is -0.355 e. The van der Waals surface area contributed by atoms with Crippen molar-refractivity contribution in [2.24, 2.45) is 11.3 Å². The van der Waals surface area contributed by atoms with Gasteiger partial charge in [-0.15, -0.1) is 0 Å². The van der Waals surface area contributed by atoms with Crippen LogP contribution in [0, 0.1) is 18.3 Å². The van der Waals surface area contributed by atoms with Gasteiger partial charge in [-0.2, -0.15) is 5.10 Å². The molecule has 0 spiro atoms. The Labute approximate surface area is 292 Å². The van der Waals surface area contributed by atoms with Gasteiger partial charge in [-0.05, 0) is 74.3 Å². The summed E-state index contributed by atoms with van der Waals surface area (Å²) in [5, 5.41) is 11.8. The lowest BCUT2D eigenvalue weighted by molar-refractivity contribution is -0.141. The van der Waals surface area contributed by atoms with Crippen molar-refractivity contribution >= 4 is 34.4 Å². The summed E-state index contributed by atoms with van der Waals surface area (Å²) < 4.78 is 1.67. The molecule has 2 N–H and O–H groups in total. The fourth-order valence-corrected chi connectivity index (χ4v) is 8.36. The van der Waals surface area contributed by atoms with Crippen LogP contribution in [0.25, 0.3) is 22.0 Å². The van der Waals surface area contributed by atoms with Gasteiger partial charge in [0.15, 0.2) is 5.78 Å². The molecule has 0 unspecified atom stereocenters. The van der Waals surface area contributed by atoms with Gasteiger partial charge in [-0.3, -0.25) is 23.9 Å². The maximum atomic E-state index is 14.6. The molecule has 2 fully saturated rings. The zero-order valence-electron chi connectivity index (χ0n) is 29.2. The lowest BCUT2D eigenvalue weighted by atomic mass is 9.95. The van der Waals surface area contributed by atoms with Crippen molar-refractivity contribution in [3.63, 3.8) is 0 Å². The van der Waals surface area contributed by atoms with Crippen LogP contribution in [-0.4, -0.2) is 66.8 Å². The predicted molar refractivity (Wildman–Crippen MR) is 189 cm³/mol. The van der Waals surface area contributed by atoms with Crippen LogP contribution in [0.2, 0.25) is 0 Å². The second kappa shape index (κ2) is 13.4. The average molecular weight is 676 g/mol. The van der Waals surface area contributed by atoms with E-state index in [1.54, 1.807) is 22.0 Å². The molecule has 7 rings (SSSR count). The SMILES string of the molecule is CC(=O)c1nn2c3c(cc(-c4cnc(C)nc4)cc13)CCCCCCC(=O)NC[C@@]13C[C@@H](C(=O)N[C@@H](C)c4ccccc4)N(C(=O)C2)[C@@H]1[C@@H]3C. The Morgan fingerprint density at radius 3 is 2.44 bits per heavy atom. The molecule has 4 aromatic rings. The lowest BCUT2D eigenvalue weighted by Crippen LogP contribution is -2.50. The highest BCUT2D eigenvalue weighted by Gasteiger charge is 2.72. The minimum atomic E-state index is -0.702. The van der Waals surface area contributed by atoms with Crippen molar-refractivity contribution in [1.82, 2.24) is 35.3 Å². The number of nitrogens with zero attached hydrogens (tertiary/aromatic N) is 5. The molecule has 4 heterocycles. The molecule has 260 valence electrons. The molecular weight excluding hydrogens is 630 g/mol. The highest BCUT2D eigenvalue weighted by molar-refractivity contribution is 6.07. The number of carbonyl (C=O) groups is 4. The van der Waals surface area contributed by atoms with E-state index in [4.69, 9.17) is 5.10 Å². The van der Waals surface area contributed by atoms with Crippen LogP contribution in [0.5, 0.6) is 0 Å². The Bertz CT molecular complexity index is 1960. The number of piperidine rings is 1. The maximum absolute atomic E-state index is 14.6. The minimum absolute atomic E-state index is 0.0108. The quantitative estimate of drug-likeness (QED) is 0.280. The number of hydrogen-bond acceptors (Lipinski definition) is 7. The molecule has 11 heteroatoms. The third kappa shape index (κ3) is 6.18. The van der Waals surface area contributed by atoms with Gasteiger partial charge in [0.25, 0.3) is 0 Å². The highest BCUT2D eigenvalue weighted by atomic mass is 16.2. The number of amides is 3. The molecule has 2 aromatic carbocycles.